The first-order chi connectivity index (χ1) is 17.9. The highest BCUT2D eigenvalue weighted by Crippen LogP contribution is 2.26. The maximum atomic E-state index is 13.5. The molecule has 2 aromatic carbocycles. The minimum Gasteiger partial charge on any atom is -0.352 e. The van der Waals surface area contributed by atoms with Crippen molar-refractivity contribution in [3.05, 3.63) is 63.1 Å². The quantitative estimate of drug-likeness (QED) is 0.372. The van der Waals surface area contributed by atoms with Crippen molar-refractivity contribution >= 4 is 50.7 Å². The molecule has 0 heterocycles. The first kappa shape index (κ1) is 30.3. The number of anilines is 1. The van der Waals surface area contributed by atoms with Crippen LogP contribution in [0.3, 0.4) is 0 Å². The van der Waals surface area contributed by atoms with Crippen LogP contribution in [0.15, 0.2) is 36.4 Å². The lowest BCUT2D eigenvalue weighted by atomic mass is 10.1. The highest BCUT2D eigenvalue weighted by molar-refractivity contribution is 7.92. The molecule has 0 aliphatic heterocycles. The number of nitrogens with one attached hydrogen (secondary N) is 1. The van der Waals surface area contributed by atoms with E-state index in [1.54, 1.807) is 25.1 Å². The van der Waals surface area contributed by atoms with Crippen LogP contribution in [0.1, 0.15) is 62.1 Å². The number of hydrogen-bond acceptors (Lipinski definition) is 4. The van der Waals surface area contributed by atoms with Gasteiger partial charge in [0.05, 0.1) is 22.0 Å². The summed E-state index contributed by atoms with van der Waals surface area (Å²) in [6.07, 6.45) is 5.61. The zero-order chi connectivity index (χ0) is 28.0. The molecule has 1 fully saturated rings. The third-order valence-electron chi connectivity index (χ3n) is 6.99. The molecule has 1 aliphatic rings. The lowest BCUT2D eigenvalue weighted by Gasteiger charge is -2.30. The van der Waals surface area contributed by atoms with Gasteiger partial charge >= 0.3 is 0 Å². The summed E-state index contributed by atoms with van der Waals surface area (Å²) in [5, 5.41) is 3.86. The predicted molar refractivity (Wildman–Crippen MR) is 154 cm³/mol. The number of rotatable bonds is 11. The summed E-state index contributed by atoms with van der Waals surface area (Å²) >= 11 is 12.3. The van der Waals surface area contributed by atoms with Crippen LogP contribution in [-0.2, 0) is 26.2 Å². The van der Waals surface area contributed by atoms with E-state index in [-0.39, 0.29) is 37.4 Å². The van der Waals surface area contributed by atoms with Gasteiger partial charge in [0, 0.05) is 25.6 Å². The summed E-state index contributed by atoms with van der Waals surface area (Å²) in [5.74, 6) is -0.432. The zero-order valence-corrected chi connectivity index (χ0v) is 24.8. The Labute approximate surface area is 236 Å². The number of hydrogen-bond donors (Lipinski definition) is 1. The molecule has 0 spiro atoms. The van der Waals surface area contributed by atoms with Crippen molar-refractivity contribution < 1.29 is 18.0 Å². The normalized spacial score (nSPS) is 14.8. The molecule has 2 aromatic rings. The SMILES string of the molecule is Cc1ccc(C)c(N(CCCC(=O)N(Cc2ccc(Cl)c(Cl)c2)[C@H](C)C(=O)NC2CCCC2)S(C)(=O)=O)c1. The molecule has 0 radical (unpaired) electrons. The maximum Gasteiger partial charge on any atom is 0.242 e. The van der Waals surface area contributed by atoms with E-state index in [4.69, 9.17) is 23.2 Å². The van der Waals surface area contributed by atoms with Crippen molar-refractivity contribution in [3.8, 4) is 0 Å². The van der Waals surface area contributed by atoms with Crippen LogP contribution in [0.5, 0.6) is 0 Å². The van der Waals surface area contributed by atoms with E-state index in [0.29, 0.717) is 22.2 Å². The topological polar surface area (TPSA) is 86.8 Å². The number of sulfonamides is 1. The molecular weight excluding hydrogens is 545 g/mol. The number of benzene rings is 2. The molecular formula is C28H37Cl2N3O4S. The van der Waals surface area contributed by atoms with Gasteiger partial charge in [-0.15, -0.1) is 0 Å². The Kier molecular flexibility index (Phi) is 10.5. The fourth-order valence-electron chi connectivity index (χ4n) is 4.78. The second kappa shape index (κ2) is 13.2. The summed E-state index contributed by atoms with van der Waals surface area (Å²) in [6, 6.07) is 10.2. The Morgan fingerprint density at radius 3 is 2.37 bits per heavy atom. The number of aryl methyl sites for hydroxylation is 2. The minimum absolute atomic E-state index is 0.0826. The van der Waals surface area contributed by atoms with Crippen LogP contribution in [0.25, 0.3) is 0 Å². The number of carbonyl (C=O) groups is 2. The van der Waals surface area contributed by atoms with E-state index < -0.39 is 16.1 Å². The number of carbonyl (C=O) groups excluding carboxylic acids is 2. The van der Waals surface area contributed by atoms with Gasteiger partial charge < -0.3 is 10.2 Å². The van der Waals surface area contributed by atoms with Crippen LogP contribution in [0, 0.1) is 13.8 Å². The van der Waals surface area contributed by atoms with Crippen molar-refractivity contribution in [2.75, 3.05) is 17.1 Å². The Bertz CT molecular complexity index is 1260. The van der Waals surface area contributed by atoms with Gasteiger partial charge in [-0.2, -0.15) is 0 Å². The van der Waals surface area contributed by atoms with Gasteiger partial charge in [-0.05, 0) is 74.9 Å². The molecule has 38 heavy (non-hydrogen) atoms. The molecule has 3 rings (SSSR count). The number of halogens is 2. The lowest BCUT2D eigenvalue weighted by Crippen LogP contribution is -2.49. The first-order valence-corrected chi connectivity index (χ1v) is 15.6. The molecule has 1 saturated carbocycles. The van der Waals surface area contributed by atoms with Crippen molar-refractivity contribution in [2.24, 2.45) is 0 Å². The third kappa shape index (κ3) is 8.10. The molecule has 1 N–H and O–H groups in total. The van der Waals surface area contributed by atoms with E-state index in [1.165, 1.54) is 15.5 Å². The fourth-order valence-corrected chi connectivity index (χ4v) is 6.12. The lowest BCUT2D eigenvalue weighted by molar-refractivity contribution is -0.141. The number of amides is 2. The fraction of sp³-hybridized carbons (Fsp3) is 0.500. The van der Waals surface area contributed by atoms with Crippen LogP contribution in [0.2, 0.25) is 10.0 Å². The van der Waals surface area contributed by atoms with Crippen LogP contribution >= 0.6 is 23.2 Å². The van der Waals surface area contributed by atoms with E-state index in [0.717, 1.165) is 42.4 Å². The molecule has 1 atom stereocenters. The molecule has 0 bridgehead atoms. The van der Waals surface area contributed by atoms with Gasteiger partial charge in [-0.1, -0.05) is 54.2 Å². The second-order valence-electron chi connectivity index (χ2n) is 10.2. The van der Waals surface area contributed by atoms with E-state index >= 15 is 0 Å². The summed E-state index contributed by atoms with van der Waals surface area (Å²) in [6.45, 7) is 5.83. The average molecular weight is 583 g/mol. The first-order valence-electron chi connectivity index (χ1n) is 13.0. The third-order valence-corrected chi connectivity index (χ3v) is 8.91. The molecule has 10 heteroatoms. The zero-order valence-electron chi connectivity index (χ0n) is 22.5. The summed E-state index contributed by atoms with van der Waals surface area (Å²) in [5.41, 5.74) is 3.15. The highest BCUT2D eigenvalue weighted by Gasteiger charge is 2.29. The number of nitrogens with zero attached hydrogens (tertiary/aromatic N) is 2. The van der Waals surface area contributed by atoms with Crippen molar-refractivity contribution in [1.29, 1.82) is 0 Å². The molecule has 1 aliphatic carbocycles. The second-order valence-corrected chi connectivity index (χ2v) is 12.9. The Balaban J connectivity index is 1.76. The minimum atomic E-state index is -3.56. The average Bonchev–Trinajstić information content (AvgIpc) is 3.36. The van der Waals surface area contributed by atoms with Crippen molar-refractivity contribution in [3.63, 3.8) is 0 Å². The van der Waals surface area contributed by atoms with E-state index in [9.17, 15) is 18.0 Å². The summed E-state index contributed by atoms with van der Waals surface area (Å²) in [7, 11) is -3.56. The van der Waals surface area contributed by atoms with Gasteiger partial charge in [-0.3, -0.25) is 13.9 Å². The Morgan fingerprint density at radius 2 is 1.74 bits per heavy atom. The Hall–Kier alpha value is -2.29. The van der Waals surface area contributed by atoms with Gasteiger partial charge in [0.15, 0.2) is 0 Å². The van der Waals surface area contributed by atoms with E-state index in [1.807, 2.05) is 32.0 Å². The molecule has 0 aromatic heterocycles. The monoisotopic (exact) mass is 581 g/mol. The molecule has 0 saturated heterocycles. The van der Waals surface area contributed by atoms with Gasteiger partial charge in [0.2, 0.25) is 21.8 Å². The smallest absolute Gasteiger partial charge is 0.242 e. The van der Waals surface area contributed by atoms with E-state index in [2.05, 4.69) is 5.32 Å². The maximum absolute atomic E-state index is 13.5. The summed E-state index contributed by atoms with van der Waals surface area (Å²) in [4.78, 5) is 28.1. The predicted octanol–water partition coefficient (Wildman–Crippen LogP) is 5.63. The molecule has 0 unspecified atom stereocenters. The largest absolute Gasteiger partial charge is 0.352 e. The van der Waals surface area contributed by atoms with Gasteiger partial charge in [0.1, 0.15) is 6.04 Å². The molecule has 2 amide bonds. The van der Waals surface area contributed by atoms with Crippen molar-refractivity contribution in [2.45, 2.75) is 77.9 Å². The van der Waals surface area contributed by atoms with Gasteiger partial charge in [-0.25, -0.2) is 8.42 Å². The summed E-state index contributed by atoms with van der Waals surface area (Å²) < 4.78 is 26.6. The van der Waals surface area contributed by atoms with Crippen molar-refractivity contribution in [1.82, 2.24) is 10.2 Å². The highest BCUT2D eigenvalue weighted by atomic mass is 35.5. The van der Waals surface area contributed by atoms with Gasteiger partial charge in [0.25, 0.3) is 0 Å². The van der Waals surface area contributed by atoms with Crippen LogP contribution in [0.4, 0.5) is 5.69 Å². The molecule has 208 valence electrons. The molecule has 7 nitrogen and oxygen atoms in total. The van der Waals surface area contributed by atoms with Crippen LogP contribution in [-0.4, -0.2) is 50.0 Å². The van der Waals surface area contributed by atoms with Crippen LogP contribution < -0.4 is 9.62 Å². The Morgan fingerprint density at radius 1 is 1.05 bits per heavy atom. The standard InChI is InChI=1S/C28H37Cl2N3O4S/c1-19-11-12-20(2)26(16-19)33(38(4,36)37)15-7-10-27(34)32(18-22-13-14-24(29)25(30)17-22)21(3)28(35)31-23-8-5-6-9-23/h11-14,16-17,21,23H,5-10,15,18H2,1-4H3,(H,31,35)/t21-/m1/s1.